The van der Waals surface area contributed by atoms with Gasteiger partial charge in [0, 0.05) is 24.0 Å². The Kier molecular flexibility index (Phi) is 2.41. The van der Waals surface area contributed by atoms with Crippen LogP contribution in [0.4, 0.5) is 0 Å². The Bertz CT molecular complexity index is 792. The molecule has 0 unspecified atom stereocenters. The Morgan fingerprint density at radius 3 is 2.52 bits per heavy atom. The number of fused-ring (bicyclic) bond motifs is 2. The summed E-state index contributed by atoms with van der Waals surface area (Å²) in [5.74, 6) is 0.701. The van der Waals surface area contributed by atoms with Gasteiger partial charge < -0.3 is 14.4 Å². The second-order valence-electron chi connectivity index (χ2n) is 5.87. The molecule has 1 N–H and O–H groups in total. The minimum absolute atomic E-state index is 0.236. The molecule has 0 spiro atoms. The number of ether oxygens (including phenoxy) is 1. The first-order chi connectivity index (χ1) is 10.1. The highest BCUT2D eigenvalue weighted by Gasteiger charge is 2.43. The van der Waals surface area contributed by atoms with Crippen LogP contribution < -0.4 is 4.74 Å². The third kappa shape index (κ3) is 1.76. The van der Waals surface area contributed by atoms with Crippen LogP contribution in [-0.4, -0.2) is 31.7 Å². The minimum Gasteiger partial charge on any atom is -0.485 e. The van der Waals surface area contributed by atoms with Gasteiger partial charge in [0.25, 0.3) is 0 Å². The van der Waals surface area contributed by atoms with Crippen LogP contribution in [0.25, 0.3) is 11.0 Å². The lowest BCUT2D eigenvalue weighted by atomic mass is 9.86. The van der Waals surface area contributed by atoms with E-state index in [-0.39, 0.29) is 6.04 Å². The number of hydrogen-bond acceptors (Lipinski definition) is 5. The molecule has 0 fully saturated rings. The number of benzene rings is 1. The van der Waals surface area contributed by atoms with Gasteiger partial charge in [0.05, 0.1) is 6.04 Å². The molecule has 0 saturated heterocycles. The van der Waals surface area contributed by atoms with Crippen molar-refractivity contribution in [2.45, 2.75) is 31.6 Å². The maximum atomic E-state index is 10.7. The van der Waals surface area contributed by atoms with E-state index in [2.05, 4.69) is 10.3 Å². The van der Waals surface area contributed by atoms with Gasteiger partial charge in [0.15, 0.2) is 0 Å². The Balaban J connectivity index is 1.97. The maximum Gasteiger partial charge on any atom is 0.138 e. The van der Waals surface area contributed by atoms with Crippen molar-refractivity contribution in [2.24, 2.45) is 0 Å². The summed E-state index contributed by atoms with van der Waals surface area (Å²) in [6, 6.07) is 7.31. The summed E-state index contributed by atoms with van der Waals surface area (Å²) in [6.07, 6.45) is 3.18. The first-order valence-electron chi connectivity index (χ1n) is 6.82. The topological polar surface area (TPSA) is 73.3 Å². The van der Waals surface area contributed by atoms with Crippen molar-refractivity contribution < 1.29 is 14.5 Å². The molecule has 2 aromatic heterocycles. The largest absolute Gasteiger partial charge is 0.485 e. The van der Waals surface area contributed by atoms with Crippen LogP contribution in [0, 0.1) is 0 Å². The quantitative estimate of drug-likeness (QED) is 0.741. The van der Waals surface area contributed by atoms with E-state index >= 15 is 0 Å². The Labute approximate surface area is 120 Å². The van der Waals surface area contributed by atoms with E-state index in [0.29, 0.717) is 16.8 Å². The van der Waals surface area contributed by atoms with Crippen molar-refractivity contribution >= 4 is 11.0 Å². The second-order valence-corrected chi connectivity index (χ2v) is 5.87. The zero-order valence-corrected chi connectivity index (χ0v) is 11.7. The van der Waals surface area contributed by atoms with E-state index in [9.17, 15) is 5.11 Å². The molecule has 6 nitrogen and oxygen atoms in total. The molecule has 1 aromatic carbocycles. The monoisotopic (exact) mass is 285 g/mol. The zero-order chi connectivity index (χ0) is 14.6. The number of aromatic nitrogens is 3. The standard InChI is InChI=1S/C15H15N3O3/c1-15(2)14(19)13(18-5-3-4-6-18)9-7-10-11(17-21-16-10)8-12(9)20-15/h3-8,13-14,19H,1-2H3/t13-,14+/m0/s1. The molecule has 3 aromatic rings. The van der Waals surface area contributed by atoms with E-state index in [1.165, 1.54) is 0 Å². The number of nitrogens with zero attached hydrogens (tertiary/aromatic N) is 3. The molecule has 0 saturated carbocycles. The molecule has 0 amide bonds. The van der Waals surface area contributed by atoms with Crippen molar-refractivity contribution in [1.29, 1.82) is 0 Å². The lowest BCUT2D eigenvalue weighted by molar-refractivity contribution is -0.0634. The fourth-order valence-corrected chi connectivity index (χ4v) is 2.90. The molecule has 4 rings (SSSR count). The van der Waals surface area contributed by atoms with E-state index in [1.54, 1.807) is 0 Å². The molecule has 3 heterocycles. The van der Waals surface area contributed by atoms with Gasteiger partial charge in [-0.15, -0.1) is 0 Å². The first-order valence-corrected chi connectivity index (χ1v) is 6.82. The summed E-state index contributed by atoms with van der Waals surface area (Å²) >= 11 is 0. The lowest BCUT2D eigenvalue weighted by Crippen LogP contribution is -2.50. The van der Waals surface area contributed by atoms with Crippen molar-refractivity contribution in [3.05, 3.63) is 42.2 Å². The molecule has 21 heavy (non-hydrogen) atoms. The molecule has 0 aliphatic carbocycles. The van der Waals surface area contributed by atoms with Gasteiger partial charge in [-0.2, -0.15) is 0 Å². The van der Waals surface area contributed by atoms with E-state index in [0.717, 1.165) is 5.56 Å². The molecule has 0 bridgehead atoms. The maximum absolute atomic E-state index is 10.7. The summed E-state index contributed by atoms with van der Waals surface area (Å²) in [6.45, 7) is 3.75. The van der Waals surface area contributed by atoms with E-state index in [1.807, 2.05) is 55.1 Å². The molecule has 1 aliphatic rings. The second kappa shape index (κ2) is 4.08. The smallest absolute Gasteiger partial charge is 0.138 e. The summed E-state index contributed by atoms with van der Waals surface area (Å²) in [5.41, 5.74) is 1.47. The fourth-order valence-electron chi connectivity index (χ4n) is 2.90. The number of aliphatic hydroxyl groups excluding tert-OH is 1. The molecule has 1 aliphatic heterocycles. The highest BCUT2D eigenvalue weighted by Crippen LogP contribution is 2.43. The van der Waals surface area contributed by atoms with Gasteiger partial charge in [-0.1, -0.05) is 0 Å². The van der Waals surface area contributed by atoms with Crippen LogP contribution in [0.5, 0.6) is 5.75 Å². The first kappa shape index (κ1) is 12.4. The van der Waals surface area contributed by atoms with Crippen LogP contribution in [0.2, 0.25) is 0 Å². The van der Waals surface area contributed by atoms with Crippen LogP contribution in [0.15, 0.2) is 41.3 Å². The van der Waals surface area contributed by atoms with Gasteiger partial charge in [-0.3, -0.25) is 0 Å². The normalized spacial score (nSPS) is 23.8. The number of rotatable bonds is 1. The molecular weight excluding hydrogens is 270 g/mol. The van der Waals surface area contributed by atoms with Crippen LogP contribution in [0.1, 0.15) is 25.5 Å². The van der Waals surface area contributed by atoms with Gasteiger partial charge in [-0.05, 0) is 42.4 Å². The third-order valence-corrected chi connectivity index (χ3v) is 4.04. The SMILES string of the molecule is CC1(C)Oc2cc3nonc3cc2[C@H](n2cccc2)[C@H]1O. The average Bonchev–Trinajstić information content (AvgIpc) is 3.08. The Hall–Kier alpha value is -2.34. The third-order valence-electron chi connectivity index (χ3n) is 4.04. The van der Waals surface area contributed by atoms with Crippen molar-refractivity contribution in [3.8, 4) is 5.75 Å². The number of aliphatic hydroxyl groups is 1. The Morgan fingerprint density at radius 1 is 1.14 bits per heavy atom. The lowest BCUT2D eigenvalue weighted by Gasteiger charge is -2.42. The highest BCUT2D eigenvalue weighted by molar-refractivity contribution is 5.77. The fraction of sp³-hybridized carbons (Fsp3) is 0.333. The summed E-state index contributed by atoms with van der Waals surface area (Å²) in [7, 11) is 0. The Morgan fingerprint density at radius 2 is 1.81 bits per heavy atom. The molecule has 0 radical (unpaired) electrons. The molecule has 108 valence electrons. The van der Waals surface area contributed by atoms with Crippen molar-refractivity contribution in [1.82, 2.24) is 14.9 Å². The van der Waals surface area contributed by atoms with Crippen molar-refractivity contribution in [2.75, 3.05) is 0 Å². The molecule has 2 atom stereocenters. The predicted octanol–water partition coefficient (Wildman–Crippen LogP) is 2.15. The van der Waals surface area contributed by atoms with Gasteiger partial charge in [-0.25, -0.2) is 4.63 Å². The van der Waals surface area contributed by atoms with Gasteiger partial charge in [0.2, 0.25) is 0 Å². The van der Waals surface area contributed by atoms with Gasteiger partial charge in [0.1, 0.15) is 28.5 Å². The minimum atomic E-state index is -0.702. The highest BCUT2D eigenvalue weighted by atomic mass is 16.6. The van der Waals surface area contributed by atoms with E-state index in [4.69, 9.17) is 9.37 Å². The summed E-state index contributed by atoms with van der Waals surface area (Å²) in [4.78, 5) is 0. The van der Waals surface area contributed by atoms with E-state index < -0.39 is 11.7 Å². The zero-order valence-electron chi connectivity index (χ0n) is 11.7. The number of hydrogen-bond donors (Lipinski definition) is 1. The van der Waals surface area contributed by atoms with Crippen LogP contribution in [0.3, 0.4) is 0 Å². The average molecular weight is 285 g/mol. The molecular formula is C15H15N3O3. The molecule has 6 heteroatoms. The summed E-state index contributed by atoms with van der Waals surface area (Å²) in [5, 5.41) is 18.5. The van der Waals surface area contributed by atoms with Crippen molar-refractivity contribution in [3.63, 3.8) is 0 Å². The van der Waals surface area contributed by atoms with Crippen LogP contribution >= 0.6 is 0 Å². The predicted molar refractivity (Wildman–Crippen MR) is 75.1 cm³/mol. The van der Waals surface area contributed by atoms with Crippen LogP contribution in [-0.2, 0) is 0 Å². The van der Waals surface area contributed by atoms with Gasteiger partial charge >= 0.3 is 0 Å². The summed E-state index contributed by atoms with van der Waals surface area (Å²) < 4.78 is 12.7.